The summed E-state index contributed by atoms with van der Waals surface area (Å²) in [5, 5.41) is 2.17. The van der Waals surface area contributed by atoms with E-state index in [-0.39, 0.29) is 28.3 Å². The van der Waals surface area contributed by atoms with Gasteiger partial charge >= 0.3 is 6.18 Å². The lowest BCUT2D eigenvalue weighted by Gasteiger charge is -2.27. The van der Waals surface area contributed by atoms with E-state index in [9.17, 15) is 18.0 Å². The zero-order valence-electron chi connectivity index (χ0n) is 18.7. The molecule has 7 nitrogen and oxygen atoms in total. The minimum absolute atomic E-state index is 0.0226. The molecule has 10 heteroatoms. The monoisotopic (exact) mass is 473 g/mol. The normalized spacial score (nSPS) is 15.5. The highest BCUT2D eigenvalue weighted by atomic mass is 19.4. The highest BCUT2D eigenvalue weighted by Gasteiger charge is 2.34. The quantitative estimate of drug-likeness (QED) is 0.372. The Kier molecular flexibility index (Phi) is 6.78. The van der Waals surface area contributed by atoms with Gasteiger partial charge in [-0.25, -0.2) is 0 Å². The zero-order chi connectivity index (χ0) is 24.3. The molecular weight excluding hydrogens is 447 g/mol. The van der Waals surface area contributed by atoms with Gasteiger partial charge in [-0.1, -0.05) is 24.6 Å². The average molecular weight is 473 g/mol. The summed E-state index contributed by atoms with van der Waals surface area (Å²) in [5.74, 6) is -0.317. The molecule has 1 aromatic heterocycles. The number of amides is 1. The maximum absolute atomic E-state index is 13.9. The van der Waals surface area contributed by atoms with Gasteiger partial charge in [0.1, 0.15) is 17.2 Å². The van der Waals surface area contributed by atoms with Crippen LogP contribution in [0.1, 0.15) is 40.9 Å². The van der Waals surface area contributed by atoms with Crippen LogP contribution in [0.4, 0.5) is 13.2 Å². The van der Waals surface area contributed by atoms with Crippen LogP contribution >= 0.6 is 0 Å². The van der Waals surface area contributed by atoms with Crippen LogP contribution in [0.2, 0.25) is 0 Å². The Balaban J connectivity index is 1.68. The van der Waals surface area contributed by atoms with Crippen molar-refractivity contribution in [1.82, 2.24) is 15.2 Å². The molecule has 0 unspecified atom stereocenters. The molecule has 1 amide bonds. The number of benzene rings is 2. The maximum Gasteiger partial charge on any atom is 0.417 e. The van der Waals surface area contributed by atoms with Gasteiger partial charge < -0.3 is 15.5 Å². The van der Waals surface area contributed by atoms with E-state index in [4.69, 9.17) is 10.5 Å². The van der Waals surface area contributed by atoms with Crippen LogP contribution in [-0.2, 0) is 12.7 Å². The lowest BCUT2D eigenvalue weighted by atomic mass is 10.1. The van der Waals surface area contributed by atoms with Gasteiger partial charge in [0, 0.05) is 30.6 Å². The van der Waals surface area contributed by atoms with Crippen LogP contribution in [0.15, 0.2) is 47.5 Å². The Morgan fingerprint density at radius 1 is 1.18 bits per heavy atom. The molecule has 0 atom stereocenters. The van der Waals surface area contributed by atoms with Crippen LogP contribution in [0.25, 0.3) is 10.9 Å². The summed E-state index contributed by atoms with van der Waals surface area (Å²) >= 11 is 0. The lowest BCUT2D eigenvalue weighted by molar-refractivity contribution is -0.136. The SMILES string of the molecule is CN=C(N)NC(=O)c1cc2c(C(F)(F)F)cc(Oc3ccccc3CN3CCCCC3)cc2[nH]1. The summed E-state index contributed by atoms with van der Waals surface area (Å²) < 4.78 is 47.6. The number of likely N-dealkylation sites (tertiary alicyclic amines) is 1. The number of nitrogens with two attached hydrogens (primary N) is 1. The number of halogens is 3. The number of guanidine groups is 1. The molecule has 1 aliphatic rings. The third-order valence-electron chi connectivity index (χ3n) is 5.79. The largest absolute Gasteiger partial charge is 0.457 e. The molecule has 3 aromatic rings. The van der Waals surface area contributed by atoms with Crippen LogP contribution in [0.3, 0.4) is 0 Å². The van der Waals surface area contributed by atoms with Crippen molar-refractivity contribution in [1.29, 1.82) is 0 Å². The highest BCUT2D eigenvalue weighted by Crippen LogP contribution is 2.39. The molecule has 2 heterocycles. The number of aromatic amines is 1. The summed E-state index contributed by atoms with van der Waals surface area (Å²) in [6, 6.07) is 10.9. The molecule has 4 rings (SSSR count). The molecule has 0 bridgehead atoms. The standard InChI is InChI=1S/C24H26F3N5O2/c1-29-23(28)31-22(33)20-13-17-18(24(25,26)27)11-16(12-19(17)30-20)34-21-8-4-3-7-15(21)14-32-9-5-2-6-10-32/h3-4,7-8,11-13,30H,2,5-6,9-10,14H2,1H3,(H3,28,29,31,33). The number of nitrogens with zero attached hydrogens (tertiary/aromatic N) is 2. The number of ether oxygens (including phenoxy) is 1. The van der Waals surface area contributed by atoms with E-state index in [0.717, 1.165) is 43.6 Å². The summed E-state index contributed by atoms with van der Waals surface area (Å²) in [4.78, 5) is 21.0. The minimum Gasteiger partial charge on any atom is -0.457 e. The van der Waals surface area contributed by atoms with Crippen molar-refractivity contribution in [2.75, 3.05) is 20.1 Å². The third-order valence-corrected chi connectivity index (χ3v) is 5.79. The predicted molar refractivity (Wildman–Crippen MR) is 124 cm³/mol. The smallest absolute Gasteiger partial charge is 0.417 e. The number of hydrogen-bond acceptors (Lipinski definition) is 4. The predicted octanol–water partition coefficient (Wildman–Crippen LogP) is 4.64. The molecule has 180 valence electrons. The third kappa shape index (κ3) is 5.33. The molecular formula is C24H26F3N5O2. The number of aromatic nitrogens is 1. The van der Waals surface area contributed by atoms with E-state index in [1.807, 2.05) is 12.1 Å². The highest BCUT2D eigenvalue weighted by molar-refractivity contribution is 6.07. The number of carbonyl (C=O) groups excluding carboxylic acids is 1. The average Bonchev–Trinajstić information content (AvgIpc) is 3.24. The first kappa shape index (κ1) is 23.6. The first-order valence-corrected chi connectivity index (χ1v) is 11.0. The maximum atomic E-state index is 13.9. The summed E-state index contributed by atoms with van der Waals surface area (Å²) in [6.45, 7) is 2.63. The van der Waals surface area contributed by atoms with E-state index in [1.165, 1.54) is 19.5 Å². The molecule has 2 aromatic carbocycles. The number of fused-ring (bicyclic) bond motifs is 1. The fourth-order valence-electron chi connectivity index (χ4n) is 4.09. The zero-order valence-corrected chi connectivity index (χ0v) is 18.7. The Hall–Kier alpha value is -3.53. The summed E-state index contributed by atoms with van der Waals surface area (Å²) in [5.41, 5.74) is 5.54. The minimum atomic E-state index is -4.65. The Morgan fingerprint density at radius 3 is 2.62 bits per heavy atom. The van der Waals surface area contributed by atoms with E-state index in [1.54, 1.807) is 12.1 Å². The van der Waals surface area contributed by atoms with Crippen molar-refractivity contribution in [2.24, 2.45) is 10.7 Å². The summed E-state index contributed by atoms with van der Waals surface area (Å²) in [6.07, 6.45) is -1.17. The number of piperidine rings is 1. The number of rotatable bonds is 5. The van der Waals surface area contributed by atoms with E-state index >= 15 is 0 Å². The van der Waals surface area contributed by atoms with Crippen molar-refractivity contribution in [3.05, 3.63) is 59.3 Å². The van der Waals surface area contributed by atoms with Crippen molar-refractivity contribution in [2.45, 2.75) is 32.0 Å². The number of hydrogen-bond donors (Lipinski definition) is 3. The fourth-order valence-corrected chi connectivity index (χ4v) is 4.09. The van der Waals surface area contributed by atoms with Crippen LogP contribution in [0.5, 0.6) is 11.5 Å². The number of alkyl halides is 3. The van der Waals surface area contributed by atoms with Crippen molar-refractivity contribution >= 4 is 22.8 Å². The molecule has 0 radical (unpaired) electrons. The van der Waals surface area contributed by atoms with E-state index in [0.29, 0.717) is 12.3 Å². The first-order valence-electron chi connectivity index (χ1n) is 11.0. The second-order valence-corrected chi connectivity index (χ2v) is 8.22. The van der Waals surface area contributed by atoms with Crippen molar-refractivity contribution < 1.29 is 22.7 Å². The fraction of sp³-hybridized carbons (Fsp3) is 0.333. The van der Waals surface area contributed by atoms with Gasteiger partial charge in [0.15, 0.2) is 5.96 Å². The van der Waals surface area contributed by atoms with E-state index in [2.05, 4.69) is 20.2 Å². The molecule has 34 heavy (non-hydrogen) atoms. The number of para-hydroxylation sites is 1. The van der Waals surface area contributed by atoms with Gasteiger partial charge in [-0.2, -0.15) is 13.2 Å². The topological polar surface area (TPSA) is 95.7 Å². The molecule has 0 spiro atoms. The molecule has 0 saturated carbocycles. The van der Waals surface area contributed by atoms with Crippen LogP contribution in [0, 0.1) is 0 Å². The van der Waals surface area contributed by atoms with Gasteiger partial charge in [-0.3, -0.25) is 20.0 Å². The second kappa shape index (κ2) is 9.76. The molecule has 4 N–H and O–H groups in total. The van der Waals surface area contributed by atoms with E-state index < -0.39 is 17.6 Å². The Bertz CT molecular complexity index is 1210. The molecule has 0 aliphatic carbocycles. The van der Waals surface area contributed by atoms with Crippen molar-refractivity contribution in [3.8, 4) is 11.5 Å². The molecule has 1 saturated heterocycles. The van der Waals surface area contributed by atoms with Gasteiger partial charge in [-0.05, 0) is 44.1 Å². The second-order valence-electron chi connectivity index (χ2n) is 8.22. The van der Waals surface area contributed by atoms with Gasteiger partial charge in [0.25, 0.3) is 5.91 Å². The Morgan fingerprint density at radius 2 is 1.91 bits per heavy atom. The summed E-state index contributed by atoms with van der Waals surface area (Å²) in [7, 11) is 1.38. The van der Waals surface area contributed by atoms with Gasteiger partial charge in [0.05, 0.1) is 11.1 Å². The molecule has 1 fully saturated rings. The van der Waals surface area contributed by atoms with Crippen LogP contribution < -0.4 is 15.8 Å². The van der Waals surface area contributed by atoms with Gasteiger partial charge in [0.2, 0.25) is 0 Å². The number of aliphatic imine (C=N–C) groups is 1. The van der Waals surface area contributed by atoms with Crippen molar-refractivity contribution in [3.63, 3.8) is 0 Å². The number of H-pyrrole nitrogens is 1. The van der Waals surface area contributed by atoms with Crippen LogP contribution in [-0.4, -0.2) is 41.9 Å². The first-order chi connectivity index (χ1) is 16.2. The van der Waals surface area contributed by atoms with Gasteiger partial charge in [-0.15, -0.1) is 0 Å². The Labute approximate surface area is 194 Å². The number of carbonyl (C=O) groups is 1. The molecule has 1 aliphatic heterocycles. The lowest BCUT2D eigenvalue weighted by Crippen LogP contribution is -2.36. The number of nitrogens with one attached hydrogen (secondary N) is 2.